The highest BCUT2D eigenvalue weighted by Gasteiger charge is 2.38. The average molecular weight is 465 g/mol. The Morgan fingerprint density at radius 1 is 1.06 bits per heavy atom. The van der Waals surface area contributed by atoms with Gasteiger partial charge in [-0.15, -0.1) is 0 Å². The van der Waals surface area contributed by atoms with Gasteiger partial charge in [-0.1, -0.05) is 29.8 Å². The van der Waals surface area contributed by atoms with Crippen molar-refractivity contribution in [1.29, 1.82) is 0 Å². The van der Waals surface area contributed by atoms with E-state index in [0.717, 1.165) is 6.07 Å². The van der Waals surface area contributed by atoms with Gasteiger partial charge in [0.05, 0.1) is 22.7 Å². The molecule has 0 saturated heterocycles. The summed E-state index contributed by atoms with van der Waals surface area (Å²) >= 11 is 5.86. The molecular formula is C23H17ClN4O5. The van der Waals surface area contributed by atoms with Gasteiger partial charge in [0.1, 0.15) is 6.04 Å². The molecule has 4 rings (SSSR count). The van der Waals surface area contributed by atoms with E-state index in [1.165, 1.54) is 23.1 Å². The fourth-order valence-electron chi connectivity index (χ4n) is 3.54. The quantitative estimate of drug-likeness (QED) is 0.432. The lowest BCUT2D eigenvalue weighted by Gasteiger charge is -2.36. The zero-order chi connectivity index (χ0) is 23.5. The van der Waals surface area contributed by atoms with E-state index in [2.05, 4.69) is 10.6 Å². The number of carbonyl (C=O) groups excluding carboxylic acids is 3. The van der Waals surface area contributed by atoms with Crippen LogP contribution in [0.4, 0.5) is 22.7 Å². The third kappa shape index (κ3) is 4.68. The third-order valence-electron chi connectivity index (χ3n) is 5.07. The molecule has 9 nitrogen and oxygen atoms in total. The Bertz CT molecular complexity index is 1260. The minimum Gasteiger partial charge on any atom is -0.326 e. The van der Waals surface area contributed by atoms with Gasteiger partial charge in [-0.25, -0.2) is 0 Å². The summed E-state index contributed by atoms with van der Waals surface area (Å²) in [5.41, 5.74) is 1.04. The largest absolute Gasteiger partial charge is 0.326 e. The van der Waals surface area contributed by atoms with E-state index in [4.69, 9.17) is 11.6 Å². The van der Waals surface area contributed by atoms with Crippen molar-refractivity contribution in [2.75, 3.05) is 15.5 Å². The van der Waals surface area contributed by atoms with Crippen LogP contribution in [0.5, 0.6) is 0 Å². The maximum absolute atomic E-state index is 13.4. The Hall–Kier alpha value is -4.24. The van der Waals surface area contributed by atoms with Gasteiger partial charge in [0, 0.05) is 28.4 Å². The molecule has 1 aliphatic rings. The van der Waals surface area contributed by atoms with Gasteiger partial charge >= 0.3 is 0 Å². The van der Waals surface area contributed by atoms with E-state index in [1.807, 2.05) is 0 Å². The molecule has 0 spiro atoms. The SMILES string of the molecule is O=C(C[C@@H]1C(=O)Nc2ccccc2N1C(=O)c1cccc([N+](=O)[O-])c1)Nc1ccc(Cl)cc1. The maximum Gasteiger partial charge on any atom is 0.270 e. The summed E-state index contributed by atoms with van der Waals surface area (Å²) in [6.07, 6.45) is -0.330. The van der Waals surface area contributed by atoms with E-state index in [1.54, 1.807) is 48.5 Å². The Labute approximate surface area is 193 Å². The summed E-state index contributed by atoms with van der Waals surface area (Å²) in [4.78, 5) is 50.8. The molecule has 0 radical (unpaired) electrons. The van der Waals surface area contributed by atoms with E-state index in [0.29, 0.717) is 22.1 Å². The van der Waals surface area contributed by atoms with Crippen LogP contribution < -0.4 is 15.5 Å². The number of carbonyl (C=O) groups is 3. The number of nitrogens with zero attached hydrogens (tertiary/aromatic N) is 2. The predicted octanol–water partition coefficient (Wildman–Crippen LogP) is 4.24. The predicted molar refractivity (Wildman–Crippen MR) is 123 cm³/mol. The van der Waals surface area contributed by atoms with Crippen molar-refractivity contribution >= 4 is 52.1 Å². The molecule has 3 aromatic carbocycles. The van der Waals surface area contributed by atoms with Gasteiger partial charge < -0.3 is 10.6 Å². The monoisotopic (exact) mass is 464 g/mol. The van der Waals surface area contributed by atoms with Gasteiger partial charge in [-0.3, -0.25) is 29.4 Å². The molecule has 0 saturated carbocycles. The molecule has 0 unspecified atom stereocenters. The van der Waals surface area contributed by atoms with Crippen LogP contribution in [-0.2, 0) is 9.59 Å². The number of benzene rings is 3. The van der Waals surface area contributed by atoms with Crippen LogP contribution in [0.2, 0.25) is 5.02 Å². The fourth-order valence-corrected chi connectivity index (χ4v) is 3.66. The number of nitro groups is 1. The van der Waals surface area contributed by atoms with Gasteiger partial charge in [0.15, 0.2) is 0 Å². The maximum atomic E-state index is 13.4. The van der Waals surface area contributed by atoms with Crippen molar-refractivity contribution in [3.63, 3.8) is 0 Å². The number of amides is 3. The van der Waals surface area contributed by atoms with Gasteiger partial charge in [-0.05, 0) is 42.5 Å². The first kappa shape index (κ1) is 22.0. The molecule has 1 atom stereocenters. The number of nitrogens with one attached hydrogen (secondary N) is 2. The minimum atomic E-state index is -1.17. The van der Waals surface area contributed by atoms with Gasteiger partial charge in [0.2, 0.25) is 11.8 Å². The second-order valence-corrected chi connectivity index (χ2v) is 7.70. The molecular weight excluding hydrogens is 448 g/mol. The van der Waals surface area contributed by atoms with E-state index >= 15 is 0 Å². The highest BCUT2D eigenvalue weighted by molar-refractivity contribution is 6.30. The molecule has 2 N–H and O–H groups in total. The van der Waals surface area contributed by atoms with E-state index in [-0.39, 0.29) is 17.7 Å². The first-order valence-corrected chi connectivity index (χ1v) is 10.2. The van der Waals surface area contributed by atoms with Crippen LogP contribution in [0.15, 0.2) is 72.8 Å². The molecule has 33 heavy (non-hydrogen) atoms. The highest BCUT2D eigenvalue weighted by atomic mass is 35.5. The summed E-state index contributed by atoms with van der Waals surface area (Å²) in [5, 5.41) is 17.1. The van der Waals surface area contributed by atoms with Crippen molar-refractivity contribution < 1.29 is 19.3 Å². The Morgan fingerprint density at radius 3 is 2.52 bits per heavy atom. The fraction of sp³-hybridized carbons (Fsp3) is 0.0870. The number of halogens is 1. The lowest BCUT2D eigenvalue weighted by atomic mass is 10.0. The Morgan fingerprint density at radius 2 is 1.79 bits per heavy atom. The summed E-state index contributed by atoms with van der Waals surface area (Å²) in [5.74, 6) is -1.67. The number of fused-ring (bicyclic) bond motifs is 1. The van der Waals surface area contributed by atoms with Gasteiger partial charge in [-0.2, -0.15) is 0 Å². The minimum absolute atomic E-state index is 0.0248. The lowest BCUT2D eigenvalue weighted by Crippen LogP contribution is -2.52. The first-order valence-electron chi connectivity index (χ1n) is 9.87. The number of para-hydroxylation sites is 2. The molecule has 3 aromatic rings. The average Bonchev–Trinajstić information content (AvgIpc) is 2.80. The number of hydrogen-bond donors (Lipinski definition) is 2. The van der Waals surface area contributed by atoms with Crippen LogP contribution in [0.3, 0.4) is 0 Å². The Kier molecular flexibility index (Phi) is 6.05. The summed E-state index contributed by atoms with van der Waals surface area (Å²) in [6.45, 7) is 0. The third-order valence-corrected chi connectivity index (χ3v) is 5.32. The standard InChI is InChI=1S/C23H17ClN4O5/c24-15-8-10-16(11-9-15)25-21(29)13-20-22(30)26-18-6-1-2-7-19(18)27(20)23(31)14-4-3-5-17(12-14)28(32)33/h1-12,20H,13H2,(H,25,29)(H,26,30)/t20-/m1/s1. The van der Waals surface area contributed by atoms with Crippen LogP contribution in [0, 0.1) is 10.1 Å². The molecule has 166 valence electrons. The zero-order valence-corrected chi connectivity index (χ0v) is 17.8. The molecule has 3 amide bonds. The van der Waals surface area contributed by atoms with Crippen molar-refractivity contribution in [1.82, 2.24) is 0 Å². The van der Waals surface area contributed by atoms with Crippen LogP contribution in [-0.4, -0.2) is 28.7 Å². The molecule has 0 aromatic heterocycles. The van der Waals surface area contributed by atoms with E-state index in [9.17, 15) is 24.5 Å². The highest BCUT2D eigenvalue weighted by Crippen LogP contribution is 2.34. The molecule has 1 aliphatic heterocycles. The molecule has 0 fully saturated rings. The Balaban J connectivity index is 1.67. The van der Waals surface area contributed by atoms with Crippen LogP contribution in [0.1, 0.15) is 16.8 Å². The van der Waals surface area contributed by atoms with Crippen LogP contribution in [0.25, 0.3) is 0 Å². The zero-order valence-electron chi connectivity index (χ0n) is 17.0. The second kappa shape index (κ2) is 9.09. The number of non-ortho nitro benzene ring substituents is 1. The summed E-state index contributed by atoms with van der Waals surface area (Å²) in [6, 6.07) is 17.2. The van der Waals surface area contributed by atoms with Crippen molar-refractivity contribution in [3.8, 4) is 0 Å². The summed E-state index contributed by atoms with van der Waals surface area (Å²) in [7, 11) is 0. The van der Waals surface area contributed by atoms with Crippen molar-refractivity contribution in [2.45, 2.75) is 12.5 Å². The normalized spacial score (nSPS) is 14.8. The summed E-state index contributed by atoms with van der Waals surface area (Å²) < 4.78 is 0. The van der Waals surface area contributed by atoms with E-state index < -0.39 is 28.7 Å². The lowest BCUT2D eigenvalue weighted by molar-refractivity contribution is -0.384. The smallest absolute Gasteiger partial charge is 0.270 e. The van der Waals surface area contributed by atoms with Crippen LogP contribution >= 0.6 is 11.6 Å². The first-order chi connectivity index (χ1) is 15.8. The number of nitro benzene ring substituents is 1. The number of anilines is 3. The van der Waals surface area contributed by atoms with Crippen molar-refractivity contribution in [3.05, 3.63) is 93.5 Å². The van der Waals surface area contributed by atoms with Crippen molar-refractivity contribution in [2.24, 2.45) is 0 Å². The topological polar surface area (TPSA) is 122 Å². The molecule has 0 bridgehead atoms. The molecule has 10 heteroatoms. The number of hydrogen-bond acceptors (Lipinski definition) is 5. The molecule has 1 heterocycles. The molecule has 0 aliphatic carbocycles. The number of rotatable bonds is 5. The second-order valence-electron chi connectivity index (χ2n) is 7.26. The van der Waals surface area contributed by atoms with Gasteiger partial charge in [0.25, 0.3) is 11.6 Å².